The normalized spacial score (nSPS) is 12.7. The number of halogens is 3. The molecule has 0 amide bonds. The van der Waals surface area contributed by atoms with Gasteiger partial charge in [0.25, 0.3) is 0 Å². The summed E-state index contributed by atoms with van der Waals surface area (Å²) >= 11 is 11.3. The van der Waals surface area contributed by atoms with Gasteiger partial charge >= 0.3 is 0 Å². The second-order valence-corrected chi connectivity index (χ2v) is 6.24. The summed E-state index contributed by atoms with van der Waals surface area (Å²) in [6, 6.07) is 8.86. The van der Waals surface area contributed by atoms with E-state index in [1.807, 2.05) is 12.1 Å². The number of aryl methyl sites for hydroxylation is 1. The molecule has 0 radical (unpaired) electrons. The molecule has 0 saturated heterocycles. The van der Waals surface area contributed by atoms with Gasteiger partial charge in [-0.3, -0.25) is 0 Å². The first kappa shape index (κ1) is 13.1. The highest BCUT2D eigenvalue weighted by Crippen LogP contribution is 2.36. The van der Waals surface area contributed by atoms with E-state index in [9.17, 15) is 4.39 Å². The molecule has 1 atom stereocenters. The van der Waals surface area contributed by atoms with Crippen molar-refractivity contribution in [3.63, 3.8) is 0 Å². The first-order valence-corrected chi connectivity index (χ1v) is 7.34. The van der Waals surface area contributed by atoms with Crippen molar-refractivity contribution < 1.29 is 4.39 Å². The Morgan fingerprint density at radius 3 is 2.76 bits per heavy atom. The summed E-state index contributed by atoms with van der Waals surface area (Å²) in [6.45, 7) is 2.10. The highest BCUT2D eigenvalue weighted by atomic mass is 79.9. The fourth-order valence-electron chi connectivity index (χ4n) is 1.58. The van der Waals surface area contributed by atoms with Gasteiger partial charge in [0, 0.05) is 19.8 Å². The lowest BCUT2D eigenvalue weighted by Gasteiger charge is -2.09. The van der Waals surface area contributed by atoms with Crippen molar-refractivity contribution in [2.75, 3.05) is 0 Å². The third-order valence-corrected chi connectivity index (χ3v) is 4.90. The average molecular weight is 334 g/mol. The molecule has 0 aliphatic heterocycles. The predicted octanol–water partition coefficient (Wildman–Crippen LogP) is 5.54. The van der Waals surface area contributed by atoms with Crippen molar-refractivity contribution in [3.8, 4) is 0 Å². The van der Waals surface area contributed by atoms with Crippen LogP contribution in [0.3, 0.4) is 0 Å². The lowest BCUT2D eigenvalue weighted by molar-refractivity contribution is 0.612. The molecule has 0 aliphatic rings. The summed E-state index contributed by atoms with van der Waals surface area (Å²) < 4.78 is 14.5. The Bertz CT molecular complexity index is 524. The maximum atomic E-state index is 13.7. The van der Waals surface area contributed by atoms with Gasteiger partial charge in [0.15, 0.2) is 0 Å². The van der Waals surface area contributed by atoms with E-state index in [1.54, 1.807) is 23.5 Å². The first-order valence-electron chi connectivity index (χ1n) is 5.29. The van der Waals surface area contributed by atoms with E-state index >= 15 is 0 Å². The molecule has 0 bridgehead atoms. The Labute approximate surface area is 118 Å². The molecule has 0 aliphatic carbocycles. The van der Waals surface area contributed by atoms with Crippen LogP contribution in [-0.2, 0) is 6.42 Å². The molecule has 2 rings (SSSR count). The van der Waals surface area contributed by atoms with Crippen LogP contribution in [0.2, 0.25) is 0 Å². The number of hydrogen-bond donors (Lipinski definition) is 0. The van der Waals surface area contributed by atoms with Crippen LogP contribution in [0.5, 0.6) is 0 Å². The van der Waals surface area contributed by atoms with Gasteiger partial charge in [0.1, 0.15) is 5.82 Å². The molecule has 17 heavy (non-hydrogen) atoms. The zero-order valence-electron chi connectivity index (χ0n) is 9.21. The third-order valence-electron chi connectivity index (χ3n) is 2.51. The van der Waals surface area contributed by atoms with Gasteiger partial charge in [-0.1, -0.05) is 22.9 Å². The van der Waals surface area contributed by atoms with Gasteiger partial charge in [-0.05, 0) is 36.8 Å². The molecule has 90 valence electrons. The number of alkyl halides is 1. The van der Waals surface area contributed by atoms with Crippen molar-refractivity contribution in [2.45, 2.75) is 18.7 Å². The van der Waals surface area contributed by atoms with Crippen LogP contribution in [0, 0.1) is 5.82 Å². The highest BCUT2D eigenvalue weighted by molar-refractivity contribution is 9.10. The quantitative estimate of drug-likeness (QED) is 0.647. The Kier molecular flexibility index (Phi) is 4.23. The van der Waals surface area contributed by atoms with E-state index in [4.69, 9.17) is 11.6 Å². The fourth-order valence-corrected chi connectivity index (χ4v) is 3.28. The first-order chi connectivity index (χ1) is 8.11. The molecule has 0 saturated carbocycles. The van der Waals surface area contributed by atoms with E-state index in [-0.39, 0.29) is 5.82 Å². The maximum absolute atomic E-state index is 13.7. The van der Waals surface area contributed by atoms with Gasteiger partial charge in [-0.2, -0.15) is 0 Å². The molecule has 0 N–H and O–H groups in total. The minimum atomic E-state index is -0.419. The molecule has 2 aromatic rings. The number of benzene rings is 1. The van der Waals surface area contributed by atoms with E-state index in [0.29, 0.717) is 5.56 Å². The molecule has 1 heterocycles. The molecule has 1 aromatic carbocycles. The van der Waals surface area contributed by atoms with Gasteiger partial charge in [0.2, 0.25) is 0 Å². The average Bonchev–Trinajstić information content (AvgIpc) is 2.80. The molecule has 0 fully saturated rings. The van der Waals surface area contributed by atoms with Crippen molar-refractivity contribution in [1.82, 2.24) is 0 Å². The lowest BCUT2D eigenvalue weighted by Crippen LogP contribution is -1.94. The summed E-state index contributed by atoms with van der Waals surface area (Å²) in [5, 5.41) is -0.419. The Morgan fingerprint density at radius 1 is 1.35 bits per heavy atom. The van der Waals surface area contributed by atoms with Gasteiger partial charge < -0.3 is 0 Å². The third kappa shape index (κ3) is 2.90. The molecular formula is C13H11BrClFS. The van der Waals surface area contributed by atoms with Crippen LogP contribution in [-0.4, -0.2) is 0 Å². The second kappa shape index (κ2) is 5.51. The molecular weight excluding hydrogens is 323 g/mol. The van der Waals surface area contributed by atoms with Crippen LogP contribution >= 0.6 is 38.9 Å². The lowest BCUT2D eigenvalue weighted by atomic mass is 10.1. The molecule has 1 unspecified atom stereocenters. The monoisotopic (exact) mass is 332 g/mol. The SMILES string of the molecule is CCc1ccc(C(Cl)c2cc(Br)ccc2F)s1. The van der Waals surface area contributed by atoms with Gasteiger partial charge in [-0.25, -0.2) is 4.39 Å². The largest absolute Gasteiger partial charge is 0.207 e. The number of rotatable bonds is 3. The molecule has 0 spiro atoms. The topological polar surface area (TPSA) is 0 Å². The predicted molar refractivity (Wildman–Crippen MR) is 75.5 cm³/mol. The Morgan fingerprint density at radius 2 is 2.12 bits per heavy atom. The zero-order chi connectivity index (χ0) is 12.4. The Hall–Kier alpha value is -0.380. The highest BCUT2D eigenvalue weighted by Gasteiger charge is 2.17. The summed E-state index contributed by atoms with van der Waals surface area (Å²) in [5.74, 6) is -0.264. The fraction of sp³-hybridized carbons (Fsp3) is 0.231. The van der Waals surface area contributed by atoms with E-state index in [0.717, 1.165) is 15.8 Å². The van der Waals surface area contributed by atoms with Crippen molar-refractivity contribution >= 4 is 38.9 Å². The van der Waals surface area contributed by atoms with Gasteiger partial charge in [-0.15, -0.1) is 22.9 Å². The second-order valence-electron chi connectivity index (χ2n) is 3.69. The van der Waals surface area contributed by atoms with Crippen LogP contribution in [0.15, 0.2) is 34.8 Å². The van der Waals surface area contributed by atoms with E-state index in [2.05, 4.69) is 22.9 Å². The number of thiophene rings is 1. The van der Waals surface area contributed by atoms with Crippen LogP contribution in [0.25, 0.3) is 0 Å². The summed E-state index contributed by atoms with van der Waals surface area (Å²) in [5.41, 5.74) is 0.519. The van der Waals surface area contributed by atoms with E-state index in [1.165, 1.54) is 10.9 Å². The standard InChI is InChI=1S/C13H11BrClFS/c1-2-9-4-6-12(17-9)13(15)10-7-8(14)3-5-11(10)16/h3-7,13H,2H2,1H3. The van der Waals surface area contributed by atoms with Crippen molar-refractivity contribution in [2.24, 2.45) is 0 Å². The number of hydrogen-bond acceptors (Lipinski definition) is 1. The van der Waals surface area contributed by atoms with E-state index < -0.39 is 5.38 Å². The zero-order valence-corrected chi connectivity index (χ0v) is 12.4. The summed E-state index contributed by atoms with van der Waals surface area (Å²) in [7, 11) is 0. The minimum Gasteiger partial charge on any atom is -0.207 e. The smallest absolute Gasteiger partial charge is 0.128 e. The minimum absolute atomic E-state index is 0.264. The van der Waals surface area contributed by atoms with Gasteiger partial charge in [0.05, 0.1) is 5.38 Å². The summed E-state index contributed by atoms with van der Waals surface area (Å²) in [6.07, 6.45) is 0.981. The maximum Gasteiger partial charge on any atom is 0.128 e. The molecule has 0 nitrogen and oxygen atoms in total. The van der Waals surface area contributed by atoms with Crippen LogP contribution in [0.1, 0.15) is 27.6 Å². The Balaban J connectivity index is 2.35. The van der Waals surface area contributed by atoms with Crippen molar-refractivity contribution in [3.05, 3.63) is 55.9 Å². The molecule has 4 heteroatoms. The van der Waals surface area contributed by atoms with Crippen LogP contribution < -0.4 is 0 Å². The van der Waals surface area contributed by atoms with Crippen LogP contribution in [0.4, 0.5) is 4.39 Å². The summed E-state index contributed by atoms with van der Waals surface area (Å²) in [4.78, 5) is 2.25. The molecule has 1 aromatic heterocycles. The van der Waals surface area contributed by atoms with Crippen molar-refractivity contribution in [1.29, 1.82) is 0 Å².